The molecule has 2 aliphatic heterocycles. The number of carbonyl (C=O) groups excluding carboxylic acids is 1. The van der Waals surface area contributed by atoms with Crippen LogP contribution >= 0.6 is 11.6 Å². The van der Waals surface area contributed by atoms with Crippen LogP contribution in [0.3, 0.4) is 0 Å². The number of fused-ring (bicyclic) bond motifs is 2. The van der Waals surface area contributed by atoms with E-state index < -0.39 is 45.3 Å². The van der Waals surface area contributed by atoms with Crippen LogP contribution in [0.2, 0.25) is 5.02 Å². The topological polar surface area (TPSA) is 58.6 Å². The van der Waals surface area contributed by atoms with E-state index >= 15 is 0 Å². The molecule has 2 saturated carbocycles. The van der Waals surface area contributed by atoms with Crippen LogP contribution in [-0.2, 0) is 23.7 Å². The second-order valence-electron chi connectivity index (χ2n) is 11.2. The SMILES string of the molecule is COc1cc(F)c(C(=O)NS(=O)C2CC2)cc1C1CC1.Fc1c(Cl)cc(C(F)(F)F)cc1CN1[C@@H]2CCC[C@H]1CC2. The van der Waals surface area contributed by atoms with Crippen LogP contribution in [0.5, 0.6) is 5.75 Å². The molecule has 2 aromatic rings. The fraction of sp³-hybridized carbons (Fsp3) is 0.552. The third kappa shape index (κ3) is 7.05. The maximum Gasteiger partial charge on any atom is 0.416 e. The summed E-state index contributed by atoms with van der Waals surface area (Å²) in [6.45, 7) is 0.213. The van der Waals surface area contributed by atoms with E-state index in [0.717, 1.165) is 69.4 Å². The molecule has 3 atom stereocenters. The molecule has 41 heavy (non-hydrogen) atoms. The molecular weight excluding hydrogens is 587 g/mol. The predicted octanol–water partition coefficient (Wildman–Crippen LogP) is 7.28. The van der Waals surface area contributed by atoms with Gasteiger partial charge in [0.2, 0.25) is 0 Å². The molecule has 12 heteroatoms. The van der Waals surface area contributed by atoms with Gasteiger partial charge in [-0.25, -0.2) is 13.0 Å². The van der Waals surface area contributed by atoms with Gasteiger partial charge in [-0.05, 0) is 81.0 Å². The van der Waals surface area contributed by atoms with Crippen LogP contribution < -0.4 is 9.46 Å². The van der Waals surface area contributed by atoms with Crippen molar-refractivity contribution in [2.24, 2.45) is 0 Å². The zero-order valence-electron chi connectivity index (χ0n) is 22.5. The van der Waals surface area contributed by atoms with Crippen molar-refractivity contribution in [2.45, 2.75) is 93.8 Å². The molecule has 0 radical (unpaired) electrons. The Kier molecular flexibility index (Phi) is 8.97. The zero-order chi connectivity index (χ0) is 29.5. The highest BCUT2D eigenvalue weighted by Crippen LogP contribution is 2.45. The van der Waals surface area contributed by atoms with Crippen molar-refractivity contribution < 1.29 is 35.7 Å². The number of carbonyl (C=O) groups is 1. The smallest absolute Gasteiger partial charge is 0.416 e. The standard InChI is InChI=1S/C15H16ClF4N.C14H16FNO3S/c16-13-7-10(15(18,19)20)6-9(14(13)17)8-21-11-2-1-3-12(21)5-4-11;1-19-13-7-12(15)11(6-10(13)8-2-3-8)14(17)16-20(18)9-4-5-9/h6-7,11-12H,1-5,8H2;6-9H,2-5H2,1H3,(H,16,17)/t11-,12+;. The molecule has 6 rings (SSSR count). The van der Waals surface area contributed by atoms with E-state index in [1.165, 1.54) is 19.2 Å². The minimum atomic E-state index is -4.51. The number of benzene rings is 2. The molecule has 4 aliphatic rings. The molecule has 1 unspecified atom stereocenters. The lowest BCUT2D eigenvalue weighted by Gasteiger charge is -2.35. The maximum absolute atomic E-state index is 14.1. The van der Waals surface area contributed by atoms with E-state index in [1.54, 1.807) is 0 Å². The van der Waals surface area contributed by atoms with Gasteiger partial charge < -0.3 is 4.74 Å². The lowest BCUT2D eigenvalue weighted by Crippen LogP contribution is -2.39. The van der Waals surface area contributed by atoms with Gasteiger partial charge in [0.15, 0.2) is 0 Å². The molecule has 2 aliphatic carbocycles. The van der Waals surface area contributed by atoms with Gasteiger partial charge in [0.05, 0.1) is 28.5 Å². The average Bonchev–Trinajstić information content (AvgIpc) is 3.83. The van der Waals surface area contributed by atoms with E-state index in [9.17, 15) is 31.0 Å². The van der Waals surface area contributed by atoms with Crippen LogP contribution in [0, 0.1) is 11.6 Å². The molecule has 0 spiro atoms. The van der Waals surface area contributed by atoms with Crippen molar-refractivity contribution in [3.63, 3.8) is 0 Å². The Morgan fingerprint density at radius 2 is 1.68 bits per heavy atom. The highest BCUT2D eigenvalue weighted by atomic mass is 35.5. The van der Waals surface area contributed by atoms with Gasteiger partial charge in [-0.15, -0.1) is 0 Å². The first-order valence-corrected chi connectivity index (χ1v) is 15.4. The molecule has 1 amide bonds. The fourth-order valence-corrected chi connectivity index (χ4v) is 7.01. The number of rotatable bonds is 7. The third-order valence-corrected chi connectivity index (χ3v) is 9.97. The molecule has 2 aromatic carbocycles. The number of hydrogen-bond donors (Lipinski definition) is 1. The van der Waals surface area contributed by atoms with Gasteiger partial charge in [0, 0.05) is 30.3 Å². The van der Waals surface area contributed by atoms with Crippen LogP contribution in [0.1, 0.15) is 90.8 Å². The maximum atomic E-state index is 14.1. The highest BCUT2D eigenvalue weighted by Gasteiger charge is 2.38. The number of nitrogens with one attached hydrogen (secondary N) is 1. The number of nitrogens with zero attached hydrogens (tertiary/aromatic N) is 1. The second-order valence-corrected chi connectivity index (χ2v) is 13.1. The third-order valence-electron chi connectivity index (χ3n) is 8.23. The molecule has 0 aromatic heterocycles. The van der Waals surface area contributed by atoms with Gasteiger partial charge in [-0.3, -0.25) is 14.4 Å². The summed E-state index contributed by atoms with van der Waals surface area (Å²) in [5.74, 6) is -1.17. The van der Waals surface area contributed by atoms with E-state index in [1.807, 2.05) is 0 Å². The van der Waals surface area contributed by atoms with Crippen molar-refractivity contribution in [3.05, 3.63) is 63.2 Å². The molecular formula is C29H32ClF5N2O3S. The first-order valence-electron chi connectivity index (χ1n) is 13.9. The van der Waals surface area contributed by atoms with Gasteiger partial charge in [-0.2, -0.15) is 13.2 Å². The Balaban J connectivity index is 0.000000165. The largest absolute Gasteiger partial charge is 0.496 e. The summed E-state index contributed by atoms with van der Waals surface area (Å²) in [5, 5.41) is -0.424. The number of halogens is 6. The van der Waals surface area contributed by atoms with E-state index in [-0.39, 0.29) is 22.9 Å². The quantitative estimate of drug-likeness (QED) is 0.331. The van der Waals surface area contributed by atoms with Crippen molar-refractivity contribution in [3.8, 4) is 5.75 Å². The molecule has 2 heterocycles. The minimum absolute atomic E-state index is 0.0307. The number of methoxy groups -OCH3 is 1. The van der Waals surface area contributed by atoms with E-state index in [0.29, 0.717) is 29.8 Å². The zero-order valence-corrected chi connectivity index (χ0v) is 24.1. The number of piperidine rings is 1. The Labute approximate surface area is 243 Å². The first-order chi connectivity index (χ1) is 19.5. The molecule has 4 fully saturated rings. The average molecular weight is 619 g/mol. The van der Waals surface area contributed by atoms with Crippen LogP contribution in [0.15, 0.2) is 24.3 Å². The normalized spacial score (nSPS) is 23.0. The lowest BCUT2D eigenvalue weighted by molar-refractivity contribution is -0.137. The van der Waals surface area contributed by atoms with Gasteiger partial charge in [-0.1, -0.05) is 18.0 Å². The Morgan fingerprint density at radius 1 is 1.02 bits per heavy atom. The minimum Gasteiger partial charge on any atom is -0.496 e. The number of alkyl halides is 3. The van der Waals surface area contributed by atoms with Crippen molar-refractivity contribution >= 4 is 28.5 Å². The lowest BCUT2D eigenvalue weighted by atomic mass is 10.0. The molecule has 2 saturated heterocycles. The second kappa shape index (κ2) is 12.2. The molecule has 2 bridgehead atoms. The van der Waals surface area contributed by atoms with E-state index in [2.05, 4.69) is 9.62 Å². The number of hydrogen-bond acceptors (Lipinski definition) is 4. The summed E-state index contributed by atoms with van der Waals surface area (Å²) in [4.78, 5) is 14.2. The summed E-state index contributed by atoms with van der Waals surface area (Å²) in [6.07, 6.45) is 4.60. The Hall–Kier alpha value is -2.24. The summed E-state index contributed by atoms with van der Waals surface area (Å²) in [6, 6.07) is 5.07. The summed E-state index contributed by atoms with van der Waals surface area (Å²) in [5.41, 5.74) is -0.0279. The van der Waals surface area contributed by atoms with Crippen molar-refractivity contribution in [1.29, 1.82) is 0 Å². The van der Waals surface area contributed by atoms with Crippen LogP contribution in [0.4, 0.5) is 22.0 Å². The molecule has 1 N–H and O–H groups in total. The highest BCUT2D eigenvalue weighted by molar-refractivity contribution is 7.84. The Morgan fingerprint density at radius 3 is 2.24 bits per heavy atom. The molecule has 5 nitrogen and oxygen atoms in total. The van der Waals surface area contributed by atoms with Crippen molar-refractivity contribution in [2.75, 3.05) is 7.11 Å². The monoisotopic (exact) mass is 618 g/mol. The first kappa shape index (κ1) is 30.2. The van der Waals surface area contributed by atoms with Crippen molar-refractivity contribution in [1.82, 2.24) is 9.62 Å². The van der Waals surface area contributed by atoms with Gasteiger partial charge in [0.1, 0.15) is 28.4 Å². The summed E-state index contributed by atoms with van der Waals surface area (Å²) in [7, 11) is 0.0829. The van der Waals surface area contributed by atoms with Gasteiger partial charge >= 0.3 is 6.18 Å². The summed E-state index contributed by atoms with van der Waals surface area (Å²) >= 11 is 5.64. The van der Waals surface area contributed by atoms with Gasteiger partial charge in [0.25, 0.3) is 5.91 Å². The fourth-order valence-electron chi connectivity index (χ4n) is 5.75. The Bertz CT molecular complexity index is 1320. The predicted molar refractivity (Wildman–Crippen MR) is 146 cm³/mol. The number of amides is 1. The van der Waals surface area contributed by atoms with E-state index in [4.69, 9.17) is 16.3 Å². The van der Waals surface area contributed by atoms with Crippen LogP contribution in [0.25, 0.3) is 0 Å². The molecule has 224 valence electrons. The van der Waals surface area contributed by atoms with Crippen LogP contribution in [-0.4, -0.2) is 39.5 Å². The number of ether oxygens (including phenoxy) is 1. The summed E-state index contributed by atoms with van der Waals surface area (Å²) < 4.78 is 85.8.